The van der Waals surface area contributed by atoms with E-state index in [1.54, 1.807) is 4.57 Å². The third kappa shape index (κ3) is 2.84. The van der Waals surface area contributed by atoms with E-state index in [2.05, 4.69) is 24.9 Å². The summed E-state index contributed by atoms with van der Waals surface area (Å²) in [7, 11) is -2.41. The SMILES string of the molecule is COc1n[nH]c(NS(=O)(=O)c2cn(C(C)C)cn2)n1. The summed E-state index contributed by atoms with van der Waals surface area (Å²) in [5.41, 5.74) is 0. The van der Waals surface area contributed by atoms with Crippen molar-refractivity contribution in [3.05, 3.63) is 12.5 Å². The number of sulfonamides is 1. The lowest BCUT2D eigenvalue weighted by Gasteiger charge is -2.04. The Morgan fingerprint density at radius 3 is 2.74 bits per heavy atom. The summed E-state index contributed by atoms with van der Waals surface area (Å²) >= 11 is 0. The molecule has 0 amide bonds. The van der Waals surface area contributed by atoms with Crippen LogP contribution in [0, 0.1) is 0 Å². The lowest BCUT2D eigenvalue weighted by atomic mass is 10.4. The Morgan fingerprint density at radius 1 is 1.47 bits per heavy atom. The molecule has 2 aromatic heterocycles. The second-order valence-corrected chi connectivity index (χ2v) is 5.66. The molecule has 19 heavy (non-hydrogen) atoms. The fourth-order valence-corrected chi connectivity index (χ4v) is 2.20. The van der Waals surface area contributed by atoms with E-state index in [1.807, 2.05) is 13.8 Å². The Morgan fingerprint density at radius 2 is 2.21 bits per heavy atom. The highest BCUT2D eigenvalue weighted by Gasteiger charge is 2.20. The van der Waals surface area contributed by atoms with Crippen LogP contribution in [-0.4, -0.2) is 40.3 Å². The Balaban J connectivity index is 2.21. The first-order chi connectivity index (χ1) is 8.92. The van der Waals surface area contributed by atoms with E-state index >= 15 is 0 Å². The number of anilines is 1. The summed E-state index contributed by atoms with van der Waals surface area (Å²) in [5, 5.41) is 5.95. The van der Waals surface area contributed by atoms with Gasteiger partial charge in [-0.15, -0.1) is 5.10 Å². The molecule has 2 N–H and O–H groups in total. The minimum atomic E-state index is -3.79. The number of H-pyrrole nitrogens is 1. The van der Waals surface area contributed by atoms with E-state index in [9.17, 15) is 8.42 Å². The van der Waals surface area contributed by atoms with Crippen molar-refractivity contribution in [1.29, 1.82) is 0 Å². The van der Waals surface area contributed by atoms with Crippen molar-refractivity contribution >= 4 is 16.0 Å². The third-order valence-electron chi connectivity index (χ3n) is 2.33. The summed E-state index contributed by atoms with van der Waals surface area (Å²) in [6.45, 7) is 3.85. The topological polar surface area (TPSA) is 115 Å². The molecular formula is C9H14N6O3S. The van der Waals surface area contributed by atoms with Crippen molar-refractivity contribution in [3.63, 3.8) is 0 Å². The number of aromatic nitrogens is 5. The summed E-state index contributed by atoms with van der Waals surface area (Å²) in [6.07, 6.45) is 2.90. The van der Waals surface area contributed by atoms with Gasteiger partial charge >= 0.3 is 6.01 Å². The predicted octanol–water partition coefficient (Wildman–Crippen LogP) is 0.391. The maximum atomic E-state index is 12.0. The van der Waals surface area contributed by atoms with Gasteiger partial charge in [-0.3, -0.25) is 0 Å². The maximum Gasteiger partial charge on any atom is 0.336 e. The molecular weight excluding hydrogens is 272 g/mol. The van der Waals surface area contributed by atoms with Crippen molar-refractivity contribution in [2.45, 2.75) is 24.9 Å². The lowest BCUT2D eigenvalue weighted by molar-refractivity contribution is 0.382. The van der Waals surface area contributed by atoms with Gasteiger partial charge in [0.2, 0.25) is 5.95 Å². The second kappa shape index (κ2) is 4.88. The molecule has 0 radical (unpaired) electrons. The van der Waals surface area contributed by atoms with E-state index in [4.69, 9.17) is 4.74 Å². The first-order valence-electron chi connectivity index (χ1n) is 5.45. The predicted molar refractivity (Wildman–Crippen MR) is 66.4 cm³/mol. The number of rotatable bonds is 5. The van der Waals surface area contributed by atoms with Crippen LogP contribution in [0.3, 0.4) is 0 Å². The molecule has 104 valence electrons. The minimum absolute atomic E-state index is 0.0315. The van der Waals surface area contributed by atoms with Crippen LogP contribution in [0.15, 0.2) is 17.6 Å². The molecule has 0 aliphatic rings. The zero-order valence-electron chi connectivity index (χ0n) is 10.7. The average molecular weight is 286 g/mol. The van der Waals surface area contributed by atoms with Crippen LogP contribution in [-0.2, 0) is 10.0 Å². The molecule has 0 aromatic carbocycles. The largest absolute Gasteiger partial charge is 0.466 e. The molecule has 10 heteroatoms. The Kier molecular flexibility index (Phi) is 3.42. The molecule has 0 aliphatic carbocycles. The van der Waals surface area contributed by atoms with Crippen LogP contribution in [0.5, 0.6) is 6.01 Å². The van der Waals surface area contributed by atoms with Crippen molar-refractivity contribution in [1.82, 2.24) is 24.7 Å². The smallest absolute Gasteiger partial charge is 0.336 e. The van der Waals surface area contributed by atoms with E-state index in [0.717, 1.165) is 0 Å². The number of hydrogen-bond donors (Lipinski definition) is 2. The molecule has 0 bridgehead atoms. The van der Waals surface area contributed by atoms with E-state index in [1.165, 1.54) is 19.6 Å². The molecule has 0 aliphatic heterocycles. The maximum absolute atomic E-state index is 12.0. The first kappa shape index (κ1) is 13.3. The van der Waals surface area contributed by atoms with Gasteiger partial charge in [-0.1, -0.05) is 0 Å². The molecule has 0 spiro atoms. The highest BCUT2D eigenvalue weighted by molar-refractivity contribution is 7.92. The van der Waals surface area contributed by atoms with Crippen molar-refractivity contribution in [2.75, 3.05) is 11.8 Å². The van der Waals surface area contributed by atoms with Crippen molar-refractivity contribution < 1.29 is 13.2 Å². The number of aromatic amines is 1. The van der Waals surface area contributed by atoms with E-state index in [0.29, 0.717) is 0 Å². The normalized spacial score (nSPS) is 11.8. The lowest BCUT2D eigenvalue weighted by Crippen LogP contribution is -2.14. The fourth-order valence-electron chi connectivity index (χ4n) is 1.30. The van der Waals surface area contributed by atoms with Gasteiger partial charge in [0.05, 0.1) is 13.4 Å². The Bertz CT molecular complexity index is 659. The summed E-state index contributed by atoms with van der Waals surface area (Å²) in [6, 6.07) is 0.173. The van der Waals surface area contributed by atoms with Crippen LogP contribution in [0.4, 0.5) is 5.95 Å². The molecule has 9 nitrogen and oxygen atoms in total. The summed E-state index contributed by atoms with van der Waals surface area (Å²) in [5.74, 6) is -0.0315. The highest BCUT2D eigenvalue weighted by Crippen LogP contribution is 2.14. The zero-order valence-corrected chi connectivity index (χ0v) is 11.5. The number of methoxy groups -OCH3 is 1. The van der Waals surface area contributed by atoms with E-state index < -0.39 is 10.0 Å². The zero-order chi connectivity index (χ0) is 14.0. The molecule has 0 saturated carbocycles. The number of ether oxygens (including phenoxy) is 1. The monoisotopic (exact) mass is 286 g/mol. The second-order valence-electron chi connectivity index (χ2n) is 4.03. The molecule has 2 rings (SSSR count). The number of hydrogen-bond acceptors (Lipinski definition) is 6. The van der Waals surface area contributed by atoms with Gasteiger partial charge in [-0.05, 0) is 13.8 Å². The van der Waals surface area contributed by atoms with Gasteiger partial charge in [0.25, 0.3) is 10.0 Å². The van der Waals surface area contributed by atoms with Crippen LogP contribution in [0.2, 0.25) is 0 Å². The van der Waals surface area contributed by atoms with Gasteiger partial charge in [-0.2, -0.15) is 13.4 Å². The third-order valence-corrected chi connectivity index (χ3v) is 3.55. The molecule has 0 saturated heterocycles. The van der Waals surface area contributed by atoms with Crippen molar-refractivity contribution in [2.24, 2.45) is 0 Å². The van der Waals surface area contributed by atoms with Gasteiger partial charge in [-0.25, -0.2) is 14.8 Å². The van der Waals surface area contributed by atoms with Gasteiger partial charge in [0.1, 0.15) is 0 Å². The number of nitrogens with zero attached hydrogens (tertiary/aromatic N) is 4. The Labute approximate surface area is 110 Å². The average Bonchev–Trinajstić information content (AvgIpc) is 2.95. The molecule has 2 aromatic rings. The molecule has 0 unspecified atom stereocenters. The molecule has 0 atom stereocenters. The summed E-state index contributed by atoms with van der Waals surface area (Å²) < 4.78 is 32.7. The molecule has 2 heterocycles. The van der Waals surface area contributed by atoms with Crippen molar-refractivity contribution in [3.8, 4) is 6.01 Å². The van der Waals surface area contributed by atoms with Crippen LogP contribution in [0.1, 0.15) is 19.9 Å². The van der Waals surface area contributed by atoms with Gasteiger partial charge in [0, 0.05) is 12.2 Å². The van der Waals surface area contributed by atoms with Crippen LogP contribution >= 0.6 is 0 Å². The van der Waals surface area contributed by atoms with E-state index in [-0.39, 0.29) is 23.0 Å². The quantitative estimate of drug-likeness (QED) is 0.821. The standard InChI is InChI=1S/C9H14N6O3S/c1-6(2)15-4-7(10-5-15)19(16,17)14-8-11-9(18-3)13-12-8/h4-6H,1-3H3,(H2,11,12,13,14). The highest BCUT2D eigenvalue weighted by atomic mass is 32.2. The van der Waals surface area contributed by atoms with Crippen LogP contribution in [0.25, 0.3) is 0 Å². The van der Waals surface area contributed by atoms with Crippen LogP contribution < -0.4 is 9.46 Å². The molecule has 0 fully saturated rings. The fraction of sp³-hybridized carbons (Fsp3) is 0.444. The number of imidazole rings is 1. The minimum Gasteiger partial charge on any atom is -0.466 e. The number of nitrogens with one attached hydrogen (secondary N) is 2. The van der Waals surface area contributed by atoms with Gasteiger partial charge < -0.3 is 9.30 Å². The van der Waals surface area contributed by atoms with Gasteiger partial charge in [0.15, 0.2) is 5.03 Å². The summed E-state index contributed by atoms with van der Waals surface area (Å²) in [4.78, 5) is 7.62. The Hall–Kier alpha value is -2.10. The first-order valence-corrected chi connectivity index (χ1v) is 6.93.